The molecule has 1 amide bonds. The van der Waals surface area contributed by atoms with Gasteiger partial charge in [0.25, 0.3) is 0 Å². The molecule has 108 valence electrons. The molecule has 2 aromatic heterocycles. The van der Waals surface area contributed by atoms with E-state index in [1.165, 1.54) is 9.75 Å². The van der Waals surface area contributed by atoms with Crippen LogP contribution in [0.2, 0.25) is 0 Å². The van der Waals surface area contributed by atoms with Gasteiger partial charge in [0.05, 0.1) is 13.1 Å². The van der Waals surface area contributed by atoms with Gasteiger partial charge in [-0.15, -0.1) is 22.7 Å². The van der Waals surface area contributed by atoms with Crippen LogP contribution in [-0.2, 0) is 17.9 Å². The first-order chi connectivity index (χ1) is 9.69. The van der Waals surface area contributed by atoms with Crippen molar-refractivity contribution in [3.8, 4) is 0 Å². The number of likely N-dealkylation sites (N-methyl/N-ethyl adjacent to an activating group) is 2. The molecule has 0 aliphatic heterocycles. The molecule has 0 aliphatic carbocycles. The van der Waals surface area contributed by atoms with Crippen molar-refractivity contribution in [1.29, 1.82) is 0 Å². The number of thiophene rings is 2. The fourth-order valence-corrected chi connectivity index (χ4v) is 3.44. The molecule has 20 heavy (non-hydrogen) atoms. The lowest BCUT2D eigenvalue weighted by Gasteiger charge is -2.23. The minimum atomic E-state index is 0.178. The molecule has 0 N–H and O–H groups in total. The SMILES string of the molecule is CCN(CC(=O)N(C)Cc1cccs1)Cc1cccs1. The van der Waals surface area contributed by atoms with Crippen molar-refractivity contribution in [1.82, 2.24) is 9.80 Å². The summed E-state index contributed by atoms with van der Waals surface area (Å²) < 4.78 is 0. The molecule has 0 saturated carbocycles. The number of nitrogens with zero attached hydrogens (tertiary/aromatic N) is 2. The highest BCUT2D eigenvalue weighted by atomic mass is 32.1. The van der Waals surface area contributed by atoms with E-state index in [2.05, 4.69) is 35.4 Å². The maximum Gasteiger partial charge on any atom is 0.236 e. The summed E-state index contributed by atoms with van der Waals surface area (Å²) in [6.07, 6.45) is 0. The van der Waals surface area contributed by atoms with E-state index in [1.54, 1.807) is 22.7 Å². The van der Waals surface area contributed by atoms with Crippen LogP contribution < -0.4 is 0 Å². The van der Waals surface area contributed by atoms with E-state index in [0.29, 0.717) is 13.1 Å². The van der Waals surface area contributed by atoms with E-state index in [-0.39, 0.29) is 5.91 Å². The van der Waals surface area contributed by atoms with Gasteiger partial charge in [0.1, 0.15) is 0 Å². The minimum absolute atomic E-state index is 0.178. The number of rotatable bonds is 7. The Morgan fingerprint density at radius 1 is 1.10 bits per heavy atom. The van der Waals surface area contributed by atoms with E-state index in [0.717, 1.165) is 13.1 Å². The first kappa shape index (κ1) is 15.2. The minimum Gasteiger partial charge on any atom is -0.340 e. The Morgan fingerprint density at radius 3 is 2.20 bits per heavy atom. The van der Waals surface area contributed by atoms with Gasteiger partial charge in [-0.3, -0.25) is 9.69 Å². The third-order valence-corrected chi connectivity index (χ3v) is 4.89. The predicted octanol–water partition coefficient (Wildman–Crippen LogP) is 3.29. The molecule has 0 bridgehead atoms. The molecule has 0 fully saturated rings. The summed E-state index contributed by atoms with van der Waals surface area (Å²) in [7, 11) is 1.88. The molecule has 5 heteroatoms. The Balaban J connectivity index is 1.85. The largest absolute Gasteiger partial charge is 0.340 e. The van der Waals surface area contributed by atoms with Crippen LogP contribution in [0, 0.1) is 0 Å². The number of carbonyl (C=O) groups is 1. The summed E-state index contributed by atoms with van der Waals surface area (Å²) in [5, 5.41) is 4.12. The topological polar surface area (TPSA) is 23.6 Å². The molecule has 0 spiro atoms. The molecular formula is C15H20N2OS2. The number of hydrogen-bond donors (Lipinski definition) is 0. The zero-order valence-corrected chi connectivity index (χ0v) is 13.5. The summed E-state index contributed by atoms with van der Waals surface area (Å²) in [5.41, 5.74) is 0. The zero-order chi connectivity index (χ0) is 14.4. The van der Waals surface area contributed by atoms with Gasteiger partial charge < -0.3 is 4.90 Å². The highest BCUT2D eigenvalue weighted by molar-refractivity contribution is 7.10. The first-order valence-electron chi connectivity index (χ1n) is 6.70. The molecule has 3 nitrogen and oxygen atoms in total. The molecule has 0 aromatic carbocycles. The maximum atomic E-state index is 12.3. The predicted molar refractivity (Wildman–Crippen MR) is 86.1 cm³/mol. The summed E-state index contributed by atoms with van der Waals surface area (Å²) in [4.78, 5) is 18.8. The molecular weight excluding hydrogens is 288 g/mol. The molecule has 2 rings (SSSR count). The van der Waals surface area contributed by atoms with E-state index < -0.39 is 0 Å². The summed E-state index contributed by atoms with van der Waals surface area (Å²) in [5.74, 6) is 0.178. The van der Waals surface area contributed by atoms with Crippen molar-refractivity contribution < 1.29 is 4.79 Å². The summed E-state index contributed by atoms with van der Waals surface area (Å²) >= 11 is 3.43. The van der Waals surface area contributed by atoms with E-state index in [4.69, 9.17) is 0 Å². The molecule has 2 heterocycles. The van der Waals surface area contributed by atoms with Crippen LogP contribution in [0.15, 0.2) is 35.0 Å². The molecule has 0 radical (unpaired) electrons. The highest BCUT2D eigenvalue weighted by Crippen LogP contribution is 2.13. The lowest BCUT2D eigenvalue weighted by molar-refractivity contribution is -0.131. The quantitative estimate of drug-likeness (QED) is 0.783. The second-order valence-corrected chi connectivity index (χ2v) is 6.78. The van der Waals surface area contributed by atoms with E-state index in [1.807, 2.05) is 23.4 Å². The van der Waals surface area contributed by atoms with Gasteiger partial charge in [-0.2, -0.15) is 0 Å². The Labute approximate surface area is 128 Å². The van der Waals surface area contributed by atoms with Crippen LogP contribution in [0.3, 0.4) is 0 Å². The van der Waals surface area contributed by atoms with Crippen LogP contribution in [0.1, 0.15) is 16.7 Å². The normalized spacial score (nSPS) is 10.9. The smallest absolute Gasteiger partial charge is 0.236 e. The van der Waals surface area contributed by atoms with E-state index in [9.17, 15) is 4.79 Å². The monoisotopic (exact) mass is 308 g/mol. The Bertz CT molecular complexity index is 508. The van der Waals surface area contributed by atoms with Crippen molar-refractivity contribution in [3.63, 3.8) is 0 Å². The van der Waals surface area contributed by atoms with Gasteiger partial charge in [-0.05, 0) is 29.4 Å². The van der Waals surface area contributed by atoms with Crippen LogP contribution >= 0.6 is 22.7 Å². The summed E-state index contributed by atoms with van der Waals surface area (Å²) in [6.45, 7) is 5.02. The van der Waals surface area contributed by atoms with Crippen molar-refractivity contribution in [3.05, 3.63) is 44.8 Å². The lowest BCUT2D eigenvalue weighted by Crippen LogP contribution is -2.37. The third-order valence-electron chi connectivity index (χ3n) is 3.16. The second kappa shape index (κ2) is 7.57. The van der Waals surface area contributed by atoms with Crippen molar-refractivity contribution in [2.24, 2.45) is 0 Å². The number of carbonyl (C=O) groups excluding carboxylic acids is 1. The lowest BCUT2D eigenvalue weighted by atomic mass is 10.3. The van der Waals surface area contributed by atoms with E-state index >= 15 is 0 Å². The maximum absolute atomic E-state index is 12.3. The van der Waals surface area contributed by atoms with Crippen LogP contribution in [-0.4, -0.2) is 35.8 Å². The van der Waals surface area contributed by atoms with Gasteiger partial charge in [0, 0.05) is 23.3 Å². The molecule has 2 aromatic rings. The second-order valence-electron chi connectivity index (χ2n) is 4.71. The van der Waals surface area contributed by atoms with Crippen molar-refractivity contribution in [2.45, 2.75) is 20.0 Å². The third kappa shape index (κ3) is 4.44. The van der Waals surface area contributed by atoms with Gasteiger partial charge in [0.15, 0.2) is 0 Å². The van der Waals surface area contributed by atoms with Crippen LogP contribution in [0.4, 0.5) is 0 Å². The van der Waals surface area contributed by atoms with Crippen LogP contribution in [0.5, 0.6) is 0 Å². The highest BCUT2D eigenvalue weighted by Gasteiger charge is 2.14. The van der Waals surface area contributed by atoms with Crippen molar-refractivity contribution >= 4 is 28.6 Å². The molecule has 0 aliphatic rings. The Morgan fingerprint density at radius 2 is 1.70 bits per heavy atom. The first-order valence-corrected chi connectivity index (χ1v) is 8.46. The molecule has 0 saturated heterocycles. The number of hydrogen-bond acceptors (Lipinski definition) is 4. The average Bonchev–Trinajstić information content (AvgIpc) is 3.11. The zero-order valence-electron chi connectivity index (χ0n) is 11.9. The van der Waals surface area contributed by atoms with Gasteiger partial charge in [-0.25, -0.2) is 0 Å². The Kier molecular flexibility index (Phi) is 5.76. The fourth-order valence-electron chi connectivity index (χ4n) is 1.94. The summed E-state index contributed by atoms with van der Waals surface area (Å²) in [6, 6.07) is 8.26. The van der Waals surface area contributed by atoms with Crippen LogP contribution in [0.25, 0.3) is 0 Å². The molecule has 0 unspecified atom stereocenters. The molecule has 0 atom stereocenters. The fraction of sp³-hybridized carbons (Fsp3) is 0.400. The standard InChI is InChI=1S/C15H20N2OS2/c1-3-17(11-14-7-5-9-20-14)12-15(18)16(2)10-13-6-4-8-19-13/h4-9H,3,10-12H2,1-2H3. The van der Waals surface area contributed by atoms with Gasteiger partial charge >= 0.3 is 0 Å². The van der Waals surface area contributed by atoms with Gasteiger partial charge in [0.2, 0.25) is 5.91 Å². The van der Waals surface area contributed by atoms with Gasteiger partial charge in [-0.1, -0.05) is 19.1 Å². The van der Waals surface area contributed by atoms with Crippen molar-refractivity contribution in [2.75, 3.05) is 20.1 Å². The average molecular weight is 308 g/mol. The Hall–Kier alpha value is -1.17. The number of amides is 1.